The largest absolute Gasteiger partial charge is 0.405 e. The highest BCUT2D eigenvalue weighted by molar-refractivity contribution is 5.77. The predicted molar refractivity (Wildman–Crippen MR) is 68.8 cm³/mol. The first kappa shape index (κ1) is 15.3. The molecule has 2 rings (SSSR count). The summed E-state index contributed by atoms with van der Waals surface area (Å²) in [5.74, 6) is -0.401. The van der Waals surface area contributed by atoms with E-state index in [1.807, 2.05) is 6.07 Å². The summed E-state index contributed by atoms with van der Waals surface area (Å²) in [7, 11) is 0. The van der Waals surface area contributed by atoms with Crippen molar-refractivity contribution < 1.29 is 18.0 Å². The Hall–Kier alpha value is -2.07. The molecular weight excluding hydrogens is 283 g/mol. The molecule has 21 heavy (non-hydrogen) atoms. The smallest absolute Gasteiger partial charge is 0.288 e. The molecule has 0 spiro atoms. The molecule has 1 aliphatic heterocycles. The Labute approximate surface area is 120 Å². The van der Waals surface area contributed by atoms with Crippen LogP contribution in [0.15, 0.2) is 24.3 Å². The van der Waals surface area contributed by atoms with Gasteiger partial charge in [0.05, 0.1) is 11.6 Å². The van der Waals surface area contributed by atoms with Gasteiger partial charge in [-0.3, -0.25) is 10.2 Å². The van der Waals surface area contributed by atoms with Crippen molar-refractivity contribution in [3.05, 3.63) is 35.4 Å². The van der Waals surface area contributed by atoms with Crippen LogP contribution in [-0.4, -0.2) is 29.7 Å². The number of carbonyl (C=O) groups excluding carboxylic acids is 1. The van der Waals surface area contributed by atoms with E-state index in [0.29, 0.717) is 11.1 Å². The van der Waals surface area contributed by atoms with Gasteiger partial charge < -0.3 is 0 Å². The molecule has 1 N–H and O–H groups in total. The SMILES string of the molecule is N#Cc1ccccc1CCC(N1CCC(=O)N1)C(F)(F)F. The lowest BCUT2D eigenvalue weighted by Gasteiger charge is -2.29. The predicted octanol–water partition coefficient (Wildman–Crippen LogP) is 2.16. The Morgan fingerprint density at radius 3 is 2.67 bits per heavy atom. The summed E-state index contributed by atoms with van der Waals surface area (Å²) in [5.41, 5.74) is 3.20. The fourth-order valence-corrected chi connectivity index (χ4v) is 2.36. The van der Waals surface area contributed by atoms with Crippen molar-refractivity contribution in [1.29, 1.82) is 5.26 Å². The highest BCUT2D eigenvalue weighted by Gasteiger charge is 2.45. The van der Waals surface area contributed by atoms with Gasteiger partial charge in [0.15, 0.2) is 0 Å². The average molecular weight is 297 g/mol. The lowest BCUT2D eigenvalue weighted by molar-refractivity contribution is -0.189. The number of aryl methyl sites for hydroxylation is 1. The average Bonchev–Trinajstić information content (AvgIpc) is 2.84. The first-order valence-corrected chi connectivity index (χ1v) is 6.52. The molecule has 112 valence electrons. The number of amides is 1. The minimum Gasteiger partial charge on any atom is -0.288 e. The van der Waals surface area contributed by atoms with E-state index in [2.05, 4.69) is 5.43 Å². The number of hydrazine groups is 1. The maximum Gasteiger partial charge on any atom is 0.405 e. The fourth-order valence-electron chi connectivity index (χ4n) is 2.36. The van der Waals surface area contributed by atoms with Crippen LogP contribution in [0.5, 0.6) is 0 Å². The zero-order valence-corrected chi connectivity index (χ0v) is 11.2. The van der Waals surface area contributed by atoms with Crippen LogP contribution in [0.2, 0.25) is 0 Å². The highest BCUT2D eigenvalue weighted by Crippen LogP contribution is 2.29. The Bertz CT molecular complexity index is 565. The van der Waals surface area contributed by atoms with Gasteiger partial charge in [0.25, 0.3) is 0 Å². The third-order valence-corrected chi connectivity index (χ3v) is 3.43. The standard InChI is InChI=1S/C14H14F3N3O/c15-14(16,17)12(20-8-7-13(21)19-20)6-5-10-3-1-2-4-11(10)9-18/h1-4,12H,5-8H2,(H,19,21). The van der Waals surface area contributed by atoms with Crippen LogP contribution in [0.1, 0.15) is 24.0 Å². The first-order valence-electron chi connectivity index (χ1n) is 6.52. The quantitative estimate of drug-likeness (QED) is 0.926. The summed E-state index contributed by atoms with van der Waals surface area (Å²) in [6.45, 7) is 0.0446. The number of alkyl halides is 3. The van der Waals surface area contributed by atoms with E-state index in [-0.39, 0.29) is 25.8 Å². The maximum absolute atomic E-state index is 13.1. The lowest BCUT2D eigenvalue weighted by atomic mass is 10.0. The van der Waals surface area contributed by atoms with Crippen LogP contribution in [-0.2, 0) is 11.2 Å². The molecule has 7 heteroatoms. The second-order valence-electron chi connectivity index (χ2n) is 4.84. The Balaban J connectivity index is 2.10. The van der Waals surface area contributed by atoms with Crippen molar-refractivity contribution in [2.24, 2.45) is 0 Å². The molecule has 1 aromatic carbocycles. The monoisotopic (exact) mass is 297 g/mol. The molecule has 1 heterocycles. The number of hydrogen-bond donors (Lipinski definition) is 1. The molecule has 1 saturated heterocycles. The van der Waals surface area contributed by atoms with Gasteiger partial charge >= 0.3 is 6.18 Å². The number of rotatable bonds is 4. The summed E-state index contributed by atoms with van der Waals surface area (Å²) < 4.78 is 39.4. The Morgan fingerprint density at radius 1 is 1.38 bits per heavy atom. The topological polar surface area (TPSA) is 56.1 Å². The second-order valence-corrected chi connectivity index (χ2v) is 4.84. The van der Waals surface area contributed by atoms with Crippen LogP contribution < -0.4 is 5.43 Å². The van der Waals surface area contributed by atoms with E-state index in [0.717, 1.165) is 5.01 Å². The third-order valence-electron chi connectivity index (χ3n) is 3.43. The molecule has 0 aliphatic carbocycles. The summed E-state index contributed by atoms with van der Waals surface area (Å²) in [6, 6.07) is 6.82. The minimum absolute atomic E-state index is 0.0446. The van der Waals surface area contributed by atoms with Crippen LogP contribution in [0.4, 0.5) is 13.2 Å². The molecule has 1 atom stereocenters. The van der Waals surface area contributed by atoms with Gasteiger partial charge in [0, 0.05) is 13.0 Å². The van der Waals surface area contributed by atoms with Gasteiger partial charge in [-0.2, -0.15) is 18.4 Å². The van der Waals surface area contributed by atoms with Crippen molar-refractivity contribution in [1.82, 2.24) is 10.4 Å². The molecule has 1 aromatic rings. The number of carbonyl (C=O) groups is 1. The number of nitriles is 1. The fraction of sp³-hybridized carbons (Fsp3) is 0.429. The van der Waals surface area contributed by atoms with Crippen molar-refractivity contribution in [2.75, 3.05) is 6.54 Å². The molecule has 1 unspecified atom stereocenters. The van der Waals surface area contributed by atoms with E-state index in [9.17, 15) is 18.0 Å². The number of nitrogens with one attached hydrogen (secondary N) is 1. The van der Waals surface area contributed by atoms with Crippen molar-refractivity contribution >= 4 is 5.91 Å². The number of nitrogens with zero attached hydrogens (tertiary/aromatic N) is 2. The second kappa shape index (κ2) is 6.14. The summed E-state index contributed by atoms with van der Waals surface area (Å²) in [4.78, 5) is 11.1. The Kier molecular flexibility index (Phi) is 4.48. The lowest BCUT2D eigenvalue weighted by Crippen LogP contribution is -2.50. The molecule has 0 radical (unpaired) electrons. The van der Waals surface area contributed by atoms with E-state index < -0.39 is 18.1 Å². The van der Waals surface area contributed by atoms with Gasteiger partial charge in [0.1, 0.15) is 6.04 Å². The summed E-state index contributed by atoms with van der Waals surface area (Å²) in [6.07, 6.45) is -4.44. The van der Waals surface area contributed by atoms with E-state index in [4.69, 9.17) is 5.26 Å². The summed E-state index contributed by atoms with van der Waals surface area (Å²) in [5, 5.41) is 9.89. The molecule has 0 aromatic heterocycles. The zero-order chi connectivity index (χ0) is 15.5. The molecule has 0 bridgehead atoms. The molecule has 4 nitrogen and oxygen atoms in total. The van der Waals surface area contributed by atoms with Gasteiger partial charge in [-0.15, -0.1) is 0 Å². The van der Waals surface area contributed by atoms with Crippen LogP contribution in [0, 0.1) is 11.3 Å². The number of benzene rings is 1. The van der Waals surface area contributed by atoms with Gasteiger partial charge in [-0.25, -0.2) is 5.01 Å². The van der Waals surface area contributed by atoms with Crippen LogP contribution >= 0.6 is 0 Å². The van der Waals surface area contributed by atoms with Crippen molar-refractivity contribution in [3.8, 4) is 6.07 Å². The normalized spacial score (nSPS) is 17.3. The zero-order valence-electron chi connectivity index (χ0n) is 11.2. The van der Waals surface area contributed by atoms with Crippen LogP contribution in [0.3, 0.4) is 0 Å². The minimum atomic E-state index is -4.43. The van der Waals surface area contributed by atoms with Crippen molar-refractivity contribution in [2.45, 2.75) is 31.5 Å². The molecule has 1 aliphatic rings. The van der Waals surface area contributed by atoms with Crippen molar-refractivity contribution in [3.63, 3.8) is 0 Å². The van der Waals surface area contributed by atoms with E-state index >= 15 is 0 Å². The molecule has 1 fully saturated rings. The Morgan fingerprint density at radius 2 is 2.10 bits per heavy atom. The molecule has 0 saturated carbocycles. The number of halogens is 3. The third kappa shape index (κ3) is 3.73. The molecular formula is C14H14F3N3O. The maximum atomic E-state index is 13.1. The highest BCUT2D eigenvalue weighted by atomic mass is 19.4. The summed E-state index contributed by atoms with van der Waals surface area (Å²) >= 11 is 0. The van der Waals surface area contributed by atoms with Gasteiger partial charge in [0.2, 0.25) is 5.91 Å². The van der Waals surface area contributed by atoms with E-state index in [1.54, 1.807) is 24.3 Å². The first-order chi connectivity index (χ1) is 9.91. The number of hydrogen-bond acceptors (Lipinski definition) is 3. The van der Waals surface area contributed by atoms with Gasteiger partial charge in [-0.05, 0) is 24.5 Å². The van der Waals surface area contributed by atoms with Crippen LogP contribution in [0.25, 0.3) is 0 Å². The van der Waals surface area contributed by atoms with Gasteiger partial charge in [-0.1, -0.05) is 18.2 Å². The van der Waals surface area contributed by atoms with E-state index in [1.165, 1.54) is 0 Å². The molecule has 1 amide bonds.